The number of aliphatic hydroxyl groups excluding tert-OH is 2. The van der Waals surface area contributed by atoms with Crippen molar-refractivity contribution in [1.29, 1.82) is 0 Å². The first-order valence-electron chi connectivity index (χ1n) is 13.1. The first-order chi connectivity index (χ1) is 19.0. The Morgan fingerprint density at radius 1 is 1.10 bits per heavy atom. The largest absolute Gasteiger partial charge is 0.510 e. The number of aliphatic hydroxyl groups is 3. The number of aromatic hydroxyl groups is 1. The molecular weight excluding hydrogens is 534 g/mol. The summed E-state index contributed by atoms with van der Waals surface area (Å²) in [5.74, 6) is -7.74. The van der Waals surface area contributed by atoms with Crippen molar-refractivity contribution >= 4 is 34.8 Å². The van der Waals surface area contributed by atoms with Gasteiger partial charge < -0.3 is 36.4 Å². The topological polar surface area (TPSA) is 197 Å². The van der Waals surface area contributed by atoms with Crippen LogP contribution in [0.2, 0.25) is 0 Å². The van der Waals surface area contributed by atoms with E-state index >= 15 is 0 Å². The number of nitrogens with one attached hydrogen (secondary N) is 1. The number of benzene rings is 1. The number of carbonyl (C=O) groups excluding carboxylic acids is 4. The molecule has 4 rings (SSSR count). The van der Waals surface area contributed by atoms with Gasteiger partial charge in [-0.25, -0.2) is 0 Å². The van der Waals surface area contributed by atoms with Gasteiger partial charge in [0.25, 0.3) is 5.91 Å². The quantitative estimate of drug-likeness (QED) is 0.200. The molecule has 0 aromatic heterocycles. The van der Waals surface area contributed by atoms with Crippen molar-refractivity contribution in [2.45, 2.75) is 37.5 Å². The first kappa shape index (κ1) is 30.0. The Balaban J connectivity index is 1.93. The molecule has 0 bridgehead atoms. The van der Waals surface area contributed by atoms with Gasteiger partial charge in [0.15, 0.2) is 17.1 Å². The fourth-order valence-electron chi connectivity index (χ4n) is 6.26. The molecule has 0 aliphatic heterocycles. The number of amides is 2. The van der Waals surface area contributed by atoms with Crippen LogP contribution >= 0.6 is 0 Å². The SMILES string of the molecule is CC(C(=O)Nc1cc(N(C)C)c2c(c1O)C(=O)C1=C(O)[C@]3(O)C(=O)C(C(N)=O)=C(O)[C@@H](N(C)C)C3CC1C2)N(C)C. The number of nitrogens with two attached hydrogens (primary N) is 1. The van der Waals surface area contributed by atoms with E-state index in [0.717, 1.165) is 0 Å². The third kappa shape index (κ3) is 4.35. The first-order valence-corrected chi connectivity index (χ1v) is 13.1. The normalized spacial score (nSPS) is 26.5. The minimum absolute atomic E-state index is 0.0156. The monoisotopic (exact) mass is 571 g/mol. The van der Waals surface area contributed by atoms with Crippen LogP contribution in [0.5, 0.6) is 5.75 Å². The summed E-state index contributed by atoms with van der Waals surface area (Å²) in [6.45, 7) is 1.67. The van der Waals surface area contributed by atoms with E-state index in [4.69, 9.17) is 5.73 Å². The molecule has 0 fully saturated rings. The van der Waals surface area contributed by atoms with Gasteiger partial charge in [-0.05, 0) is 65.5 Å². The average molecular weight is 572 g/mol. The van der Waals surface area contributed by atoms with E-state index in [0.29, 0.717) is 11.3 Å². The van der Waals surface area contributed by atoms with E-state index < -0.39 is 75.7 Å². The van der Waals surface area contributed by atoms with Crippen LogP contribution in [0.15, 0.2) is 28.7 Å². The zero-order valence-electron chi connectivity index (χ0n) is 24.1. The van der Waals surface area contributed by atoms with Crippen LogP contribution in [0.3, 0.4) is 0 Å². The van der Waals surface area contributed by atoms with Crippen molar-refractivity contribution in [3.8, 4) is 5.75 Å². The van der Waals surface area contributed by atoms with Crippen molar-refractivity contribution < 1.29 is 39.6 Å². The van der Waals surface area contributed by atoms with E-state index in [1.165, 1.54) is 4.90 Å². The molecule has 3 aliphatic carbocycles. The highest BCUT2D eigenvalue weighted by Crippen LogP contribution is 2.53. The van der Waals surface area contributed by atoms with Crippen LogP contribution in [0, 0.1) is 11.8 Å². The molecule has 5 atom stereocenters. The lowest BCUT2D eigenvalue weighted by Gasteiger charge is -2.50. The van der Waals surface area contributed by atoms with E-state index in [1.54, 1.807) is 65.1 Å². The molecule has 13 nitrogen and oxygen atoms in total. The summed E-state index contributed by atoms with van der Waals surface area (Å²) >= 11 is 0. The lowest BCUT2D eigenvalue weighted by molar-refractivity contribution is -0.148. The van der Waals surface area contributed by atoms with Gasteiger partial charge in [0.05, 0.1) is 23.3 Å². The lowest BCUT2D eigenvalue weighted by Crippen LogP contribution is -2.63. The molecule has 0 radical (unpaired) electrons. The minimum Gasteiger partial charge on any atom is -0.510 e. The van der Waals surface area contributed by atoms with Gasteiger partial charge >= 0.3 is 0 Å². The number of nitrogens with zero attached hydrogens (tertiary/aromatic N) is 3. The van der Waals surface area contributed by atoms with Crippen LogP contribution in [-0.2, 0) is 20.8 Å². The molecule has 1 aromatic carbocycles. The second kappa shape index (κ2) is 10.2. The number of phenols is 1. The number of phenolic OH excluding ortho intramolecular Hbond substituents is 1. The fraction of sp³-hybridized carbons (Fsp3) is 0.500. The minimum atomic E-state index is -2.72. The summed E-state index contributed by atoms with van der Waals surface area (Å²) in [6.07, 6.45) is 0.121. The number of rotatable bonds is 6. The number of hydrogen-bond acceptors (Lipinski definition) is 11. The Morgan fingerprint density at radius 3 is 2.22 bits per heavy atom. The van der Waals surface area contributed by atoms with E-state index in [9.17, 15) is 39.6 Å². The third-order valence-electron chi connectivity index (χ3n) is 8.59. The second-order valence-corrected chi connectivity index (χ2v) is 11.6. The molecular formula is C28H37N5O8. The van der Waals surface area contributed by atoms with Gasteiger partial charge in [0.2, 0.25) is 11.7 Å². The molecule has 2 amide bonds. The number of carbonyl (C=O) groups is 4. The maximum absolute atomic E-state index is 14.1. The summed E-state index contributed by atoms with van der Waals surface area (Å²) in [5, 5.41) is 48.0. The number of Topliss-reactive ketones (excluding diaryl/α,β-unsaturated/α-hetero) is 2. The molecule has 7 N–H and O–H groups in total. The molecule has 0 heterocycles. The van der Waals surface area contributed by atoms with Gasteiger partial charge in [-0.2, -0.15) is 0 Å². The van der Waals surface area contributed by atoms with Crippen molar-refractivity contribution in [1.82, 2.24) is 9.80 Å². The lowest BCUT2D eigenvalue weighted by atomic mass is 9.58. The summed E-state index contributed by atoms with van der Waals surface area (Å²) in [5.41, 5.74) is 2.33. The molecule has 0 saturated carbocycles. The Bertz CT molecular complexity index is 1430. The smallest absolute Gasteiger partial charge is 0.255 e. The number of hydrogen-bond donors (Lipinski definition) is 6. The van der Waals surface area contributed by atoms with Crippen molar-refractivity contribution in [3.05, 3.63) is 39.9 Å². The molecule has 1 aromatic rings. The van der Waals surface area contributed by atoms with Crippen molar-refractivity contribution in [2.75, 3.05) is 52.5 Å². The number of fused-ring (bicyclic) bond motifs is 3. The van der Waals surface area contributed by atoms with Gasteiger partial charge in [0, 0.05) is 31.3 Å². The number of allylic oxidation sites excluding steroid dienone is 1. The van der Waals surface area contributed by atoms with Gasteiger partial charge in [0.1, 0.15) is 17.1 Å². The molecule has 222 valence electrons. The maximum Gasteiger partial charge on any atom is 0.255 e. The molecule has 13 heteroatoms. The van der Waals surface area contributed by atoms with Crippen LogP contribution in [0.4, 0.5) is 11.4 Å². The van der Waals surface area contributed by atoms with Crippen LogP contribution < -0.4 is 16.0 Å². The molecule has 41 heavy (non-hydrogen) atoms. The van der Waals surface area contributed by atoms with Crippen LogP contribution in [0.1, 0.15) is 29.3 Å². The summed E-state index contributed by atoms with van der Waals surface area (Å²) in [7, 11) is 10.1. The Hall–Kier alpha value is -3.94. The van der Waals surface area contributed by atoms with Crippen molar-refractivity contribution in [2.24, 2.45) is 17.6 Å². The highest BCUT2D eigenvalue weighted by atomic mass is 16.3. The summed E-state index contributed by atoms with van der Waals surface area (Å²) in [6, 6.07) is -0.0653. The van der Waals surface area contributed by atoms with E-state index in [-0.39, 0.29) is 29.7 Å². The molecule has 3 aliphatic rings. The predicted octanol–water partition coefficient (Wildman–Crippen LogP) is 0.0752. The standard InChI is InChI=1S/C28H37N5O8/c1-11(31(2)3)27(40)30-15-10-16(32(4)5)13-8-12-9-14-20(33(6)7)23(36)19(26(29)39)25(38)28(14,41)24(37)17(12)22(35)18(13)21(15)34/h10-12,14,20,34,36-37,41H,8-9H2,1-7H3,(H2,29,39)(H,30,40)/t11?,12?,14?,20-,28-/m0/s1. The summed E-state index contributed by atoms with van der Waals surface area (Å²) in [4.78, 5) is 57.3. The third-order valence-corrected chi connectivity index (χ3v) is 8.59. The number of ketones is 2. The van der Waals surface area contributed by atoms with Gasteiger partial charge in [-0.1, -0.05) is 0 Å². The number of anilines is 2. The Morgan fingerprint density at radius 2 is 1.71 bits per heavy atom. The zero-order valence-corrected chi connectivity index (χ0v) is 24.1. The van der Waals surface area contributed by atoms with Crippen LogP contribution in [-0.4, -0.2) is 114 Å². The van der Waals surface area contributed by atoms with Crippen molar-refractivity contribution in [3.63, 3.8) is 0 Å². The predicted molar refractivity (Wildman–Crippen MR) is 150 cm³/mol. The Labute approximate surface area is 237 Å². The van der Waals surface area contributed by atoms with E-state index in [2.05, 4.69) is 5.32 Å². The van der Waals surface area contributed by atoms with Gasteiger partial charge in [-0.3, -0.25) is 29.0 Å². The number of likely N-dealkylation sites (N-methyl/N-ethyl adjacent to an activating group) is 2. The summed E-state index contributed by atoms with van der Waals surface area (Å²) < 4.78 is 0. The molecule has 0 saturated heterocycles. The molecule has 0 spiro atoms. The van der Waals surface area contributed by atoms with Gasteiger partial charge in [-0.15, -0.1) is 0 Å². The van der Waals surface area contributed by atoms with Crippen LogP contribution in [0.25, 0.3) is 0 Å². The highest BCUT2D eigenvalue weighted by Gasteiger charge is 2.63. The highest BCUT2D eigenvalue weighted by molar-refractivity contribution is 6.25. The fourth-order valence-corrected chi connectivity index (χ4v) is 6.26. The molecule has 3 unspecified atom stereocenters. The number of primary amides is 1. The zero-order chi connectivity index (χ0) is 30.9. The second-order valence-electron chi connectivity index (χ2n) is 11.6. The van der Waals surface area contributed by atoms with E-state index in [1.807, 2.05) is 0 Å². The maximum atomic E-state index is 14.1. The average Bonchev–Trinajstić information content (AvgIpc) is 2.86. The Kier molecular flexibility index (Phi) is 7.44.